The van der Waals surface area contributed by atoms with E-state index in [9.17, 15) is 4.79 Å². The highest BCUT2D eigenvalue weighted by Gasteiger charge is 2.09. The molecule has 0 saturated heterocycles. The number of rotatable bonds is 6. The summed E-state index contributed by atoms with van der Waals surface area (Å²) in [5.74, 6) is 0.883. The van der Waals surface area contributed by atoms with Crippen molar-refractivity contribution < 1.29 is 14.3 Å². The van der Waals surface area contributed by atoms with Gasteiger partial charge in [0.2, 0.25) is 0 Å². The Morgan fingerprint density at radius 2 is 2.00 bits per heavy atom. The van der Waals surface area contributed by atoms with E-state index in [1.807, 2.05) is 55.5 Å². The molecule has 0 aliphatic carbocycles. The molecule has 0 bridgehead atoms. The van der Waals surface area contributed by atoms with Crippen molar-refractivity contribution in [1.29, 1.82) is 0 Å². The summed E-state index contributed by atoms with van der Waals surface area (Å²) in [4.78, 5) is 12.0. The minimum absolute atomic E-state index is 0.0966. The summed E-state index contributed by atoms with van der Waals surface area (Å²) >= 11 is 3.38. The van der Waals surface area contributed by atoms with Crippen LogP contribution in [0.3, 0.4) is 0 Å². The van der Waals surface area contributed by atoms with Crippen molar-refractivity contribution in [2.75, 3.05) is 19.0 Å². The Hall–Kier alpha value is -2.27. The molecule has 1 amide bonds. The lowest BCUT2D eigenvalue weighted by atomic mass is 10.2. The number of ether oxygens (including phenoxy) is 2. The Morgan fingerprint density at radius 1 is 1.22 bits per heavy atom. The van der Waals surface area contributed by atoms with Crippen LogP contribution < -0.4 is 14.8 Å². The van der Waals surface area contributed by atoms with Crippen LogP contribution in [0, 0.1) is 0 Å². The number of allylic oxidation sites excluding steroid dienone is 1. The molecule has 2 rings (SSSR count). The summed E-state index contributed by atoms with van der Waals surface area (Å²) in [5, 5.41) is 2.79. The quantitative estimate of drug-likeness (QED) is 0.807. The third-order valence-electron chi connectivity index (χ3n) is 3.05. The van der Waals surface area contributed by atoms with Gasteiger partial charge in [-0.25, -0.2) is 0 Å². The van der Waals surface area contributed by atoms with Crippen LogP contribution in [-0.2, 0) is 4.79 Å². The predicted molar refractivity (Wildman–Crippen MR) is 96.0 cm³/mol. The number of methoxy groups -OCH3 is 1. The van der Waals surface area contributed by atoms with Gasteiger partial charge in [-0.3, -0.25) is 4.79 Å². The number of amides is 1. The van der Waals surface area contributed by atoms with Gasteiger partial charge in [0.05, 0.1) is 12.8 Å². The van der Waals surface area contributed by atoms with Gasteiger partial charge in [-0.2, -0.15) is 0 Å². The minimum atomic E-state index is -0.239. The van der Waals surface area contributed by atoms with Crippen molar-refractivity contribution in [3.63, 3.8) is 0 Å². The molecule has 0 fully saturated rings. The second-order valence-corrected chi connectivity index (χ2v) is 5.58. The number of nitrogens with one attached hydrogen (secondary N) is 1. The number of carbonyl (C=O) groups excluding carboxylic acids is 1. The van der Waals surface area contributed by atoms with Crippen LogP contribution in [0.1, 0.15) is 12.5 Å². The van der Waals surface area contributed by atoms with Crippen molar-refractivity contribution in [3.05, 3.63) is 58.6 Å². The highest BCUT2D eigenvalue weighted by molar-refractivity contribution is 9.10. The molecule has 0 aromatic heterocycles. The van der Waals surface area contributed by atoms with E-state index in [1.165, 1.54) is 0 Å². The standard InChI is InChI=1S/C18H18BrNO3/c1-3-6-13-9-10-16(17(11-13)22-2)23-12-18(21)20-15-8-5-4-7-14(15)19/h3-11H,12H2,1-2H3,(H,20,21). The van der Waals surface area contributed by atoms with Crippen molar-refractivity contribution in [3.8, 4) is 11.5 Å². The van der Waals surface area contributed by atoms with Crippen LogP contribution in [0.5, 0.6) is 11.5 Å². The summed E-state index contributed by atoms with van der Waals surface area (Å²) in [6.45, 7) is 1.85. The van der Waals surface area contributed by atoms with Gasteiger partial charge in [0, 0.05) is 4.47 Å². The number of para-hydroxylation sites is 1. The second kappa shape index (κ2) is 8.39. The number of halogens is 1. The first-order valence-electron chi connectivity index (χ1n) is 7.12. The maximum Gasteiger partial charge on any atom is 0.262 e. The Labute approximate surface area is 144 Å². The second-order valence-electron chi connectivity index (χ2n) is 4.73. The van der Waals surface area contributed by atoms with Gasteiger partial charge in [-0.1, -0.05) is 30.4 Å². The molecule has 5 heteroatoms. The molecule has 120 valence electrons. The molecule has 0 radical (unpaired) electrons. The summed E-state index contributed by atoms with van der Waals surface area (Å²) in [7, 11) is 1.57. The lowest BCUT2D eigenvalue weighted by Crippen LogP contribution is -2.20. The summed E-state index contributed by atoms with van der Waals surface area (Å²) in [6, 6.07) is 13.0. The Bertz CT molecular complexity index is 713. The average molecular weight is 376 g/mol. The molecule has 23 heavy (non-hydrogen) atoms. The molecule has 0 aliphatic rings. The zero-order valence-corrected chi connectivity index (χ0v) is 14.6. The van der Waals surface area contributed by atoms with Crippen molar-refractivity contribution >= 4 is 33.6 Å². The lowest BCUT2D eigenvalue weighted by molar-refractivity contribution is -0.118. The van der Waals surface area contributed by atoms with Crippen LogP contribution >= 0.6 is 15.9 Å². The van der Waals surface area contributed by atoms with E-state index in [2.05, 4.69) is 21.2 Å². The number of hydrogen-bond acceptors (Lipinski definition) is 3. The number of benzene rings is 2. The molecular weight excluding hydrogens is 358 g/mol. The van der Waals surface area contributed by atoms with E-state index in [1.54, 1.807) is 13.2 Å². The van der Waals surface area contributed by atoms with E-state index in [4.69, 9.17) is 9.47 Å². The molecule has 2 aromatic carbocycles. The fraction of sp³-hybridized carbons (Fsp3) is 0.167. The molecule has 0 heterocycles. The summed E-state index contributed by atoms with van der Waals surface area (Å²) in [6.07, 6.45) is 3.91. The average Bonchev–Trinajstić information content (AvgIpc) is 2.56. The number of carbonyl (C=O) groups is 1. The summed E-state index contributed by atoms with van der Waals surface area (Å²) < 4.78 is 11.7. The topological polar surface area (TPSA) is 47.6 Å². The highest BCUT2D eigenvalue weighted by atomic mass is 79.9. The predicted octanol–water partition coefficient (Wildman–Crippen LogP) is 4.51. The van der Waals surface area contributed by atoms with Gasteiger partial charge >= 0.3 is 0 Å². The molecular formula is C18H18BrNO3. The van der Waals surface area contributed by atoms with Crippen LogP contribution in [-0.4, -0.2) is 19.6 Å². The number of anilines is 1. The normalized spacial score (nSPS) is 10.6. The highest BCUT2D eigenvalue weighted by Crippen LogP contribution is 2.28. The molecule has 1 N–H and O–H groups in total. The third kappa shape index (κ3) is 4.86. The van der Waals surface area contributed by atoms with E-state index in [0.29, 0.717) is 17.2 Å². The molecule has 0 saturated carbocycles. The fourth-order valence-electron chi connectivity index (χ4n) is 1.99. The van der Waals surface area contributed by atoms with E-state index < -0.39 is 0 Å². The minimum Gasteiger partial charge on any atom is -0.493 e. The maximum absolute atomic E-state index is 12.0. The zero-order valence-electron chi connectivity index (χ0n) is 13.0. The van der Waals surface area contributed by atoms with Crippen LogP contribution in [0.4, 0.5) is 5.69 Å². The third-order valence-corrected chi connectivity index (χ3v) is 3.75. The van der Waals surface area contributed by atoms with E-state index >= 15 is 0 Å². The number of hydrogen-bond donors (Lipinski definition) is 1. The van der Waals surface area contributed by atoms with E-state index in [0.717, 1.165) is 10.0 Å². The van der Waals surface area contributed by atoms with Crippen LogP contribution in [0.15, 0.2) is 53.0 Å². The molecule has 0 aliphatic heterocycles. The molecule has 0 unspecified atom stereocenters. The van der Waals surface area contributed by atoms with Crippen molar-refractivity contribution in [2.45, 2.75) is 6.92 Å². The lowest BCUT2D eigenvalue weighted by Gasteiger charge is -2.12. The first kappa shape index (κ1) is 17.1. The summed E-state index contributed by atoms with van der Waals surface area (Å²) in [5.41, 5.74) is 1.71. The van der Waals surface area contributed by atoms with Crippen molar-refractivity contribution in [1.82, 2.24) is 0 Å². The smallest absolute Gasteiger partial charge is 0.262 e. The Morgan fingerprint density at radius 3 is 2.70 bits per heavy atom. The van der Waals surface area contributed by atoms with Gasteiger partial charge in [-0.15, -0.1) is 0 Å². The van der Waals surface area contributed by atoms with Crippen LogP contribution in [0.25, 0.3) is 6.08 Å². The fourth-order valence-corrected chi connectivity index (χ4v) is 2.38. The van der Waals surface area contributed by atoms with Crippen molar-refractivity contribution in [2.24, 2.45) is 0 Å². The van der Waals surface area contributed by atoms with E-state index in [-0.39, 0.29) is 12.5 Å². The molecule has 0 spiro atoms. The SMILES string of the molecule is CC=Cc1ccc(OCC(=O)Nc2ccccc2Br)c(OC)c1. The van der Waals surface area contributed by atoms with Gasteiger partial charge in [-0.05, 0) is 52.7 Å². The molecule has 0 atom stereocenters. The zero-order chi connectivity index (χ0) is 16.7. The monoisotopic (exact) mass is 375 g/mol. The molecule has 4 nitrogen and oxygen atoms in total. The van der Waals surface area contributed by atoms with Gasteiger partial charge in [0.15, 0.2) is 18.1 Å². The van der Waals surface area contributed by atoms with Gasteiger partial charge in [0.25, 0.3) is 5.91 Å². The van der Waals surface area contributed by atoms with Gasteiger partial charge < -0.3 is 14.8 Å². The largest absolute Gasteiger partial charge is 0.493 e. The van der Waals surface area contributed by atoms with Crippen LogP contribution in [0.2, 0.25) is 0 Å². The Kier molecular flexibility index (Phi) is 6.23. The Balaban J connectivity index is 2.00. The maximum atomic E-state index is 12.0. The van der Waals surface area contributed by atoms with Gasteiger partial charge in [0.1, 0.15) is 0 Å². The first-order valence-corrected chi connectivity index (χ1v) is 7.91. The molecule has 2 aromatic rings. The first-order chi connectivity index (χ1) is 11.1.